The van der Waals surface area contributed by atoms with Crippen molar-refractivity contribution in [2.75, 3.05) is 166 Å². The normalized spacial score (nSPS) is 11.3. The van der Waals surface area contributed by atoms with Crippen LogP contribution < -0.4 is 5.32 Å². The summed E-state index contributed by atoms with van der Waals surface area (Å²) in [6.07, 6.45) is 0.478. The van der Waals surface area contributed by atoms with Gasteiger partial charge in [0.25, 0.3) is 0 Å². The minimum absolute atomic E-state index is 0.0101. The largest absolute Gasteiger partial charge is 0.481 e. The van der Waals surface area contributed by atoms with E-state index < -0.39 is 5.97 Å². The zero-order valence-electron chi connectivity index (χ0n) is 27.8. The minimum atomic E-state index is -0.983. The van der Waals surface area contributed by atoms with E-state index in [0.717, 1.165) is 0 Å². The van der Waals surface area contributed by atoms with Gasteiger partial charge in [-0.05, 0) is 6.42 Å². The molecule has 0 aromatic heterocycles. The highest BCUT2D eigenvalue weighted by molar-refractivity contribution is 5.80. The van der Waals surface area contributed by atoms with Crippen molar-refractivity contribution in [1.29, 1.82) is 0 Å². The maximum atomic E-state index is 11.4. The maximum Gasteiger partial charge on any atom is 0.303 e. The lowest BCUT2D eigenvalue weighted by molar-refractivity contribution is -0.138. The van der Waals surface area contributed by atoms with Crippen LogP contribution >= 0.6 is 0 Å². The molecular formula is C30H59NO15. The zero-order valence-corrected chi connectivity index (χ0v) is 27.8. The van der Waals surface area contributed by atoms with Gasteiger partial charge in [0, 0.05) is 26.7 Å². The van der Waals surface area contributed by atoms with Crippen LogP contribution in [0.4, 0.5) is 0 Å². The summed E-state index contributed by atoms with van der Waals surface area (Å²) in [7, 11) is 1.64. The summed E-state index contributed by atoms with van der Waals surface area (Å²) in [6, 6.07) is 0. The van der Waals surface area contributed by atoms with E-state index in [0.29, 0.717) is 165 Å². The lowest BCUT2D eigenvalue weighted by Crippen LogP contribution is -2.25. The Balaban J connectivity index is 3.08. The Labute approximate surface area is 273 Å². The number of carboxylic acids is 1. The molecule has 16 nitrogen and oxygen atoms in total. The first-order valence-corrected chi connectivity index (χ1v) is 16.0. The van der Waals surface area contributed by atoms with Crippen molar-refractivity contribution in [3.05, 3.63) is 0 Å². The highest BCUT2D eigenvalue weighted by atomic mass is 16.6. The van der Waals surface area contributed by atoms with Gasteiger partial charge in [0.05, 0.1) is 152 Å². The first-order valence-electron chi connectivity index (χ1n) is 16.0. The summed E-state index contributed by atoms with van der Waals surface area (Å²) >= 11 is 0. The molecule has 0 saturated heterocycles. The van der Waals surface area contributed by atoms with Crippen LogP contribution in [0.3, 0.4) is 0 Å². The third kappa shape index (κ3) is 40.5. The molecule has 0 rings (SSSR count). The zero-order chi connectivity index (χ0) is 33.4. The van der Waals surface area contributed by atoms with Crippen molar-refractivity contribution in [3.8, 4) is 0 Å². The summed E-state index contributed by atoms with van der Waals surface area (Å²) in [5, 5.41) is 11.2. The Morgan fingerprint density at radius 3 is 0.935 bits per heavy atom. The third-order valence-corrected chi connectivity index (χ3v) is 5.51. The number of hydrogen-bond donors (Lipinski definition) is 2. The van der Waals surface area contributed by atoms with E-state index in [9.17, 15) is 9.59 Å². The van der Waals surface area contributed by atoms with Gasteiger partial charge >= 0.3 is 5.97 Å². The number of amides is 1. The molecule has 0 aliphatic rings. The molecule has 0 aromatic rings. The molecule has 274 valence electrons. The van der Waals surface area contributed by atoms with Crippen LogP contribution in [0.5, 0.6) is 0 Å². The number of hydrogen-bond acceptors (Lipinski definition) is 14. The molecule has 46 heavy (non-hydrogen) atoms. The van der Waals surface area contributed by atoms with Gasteiger partial charge in [-0.15, -0.1) is 0 Å². The topological polar surface area (TPSA) is 177 Å². The second-order valence-corrected chi connectivity index (χ2v) is 9.33. The van der Waals surface area contributed by atoms with E-state index in [4.69, 9.17) is 61.9 Å². The SMILES string of the molecule is COCCOCCOCCOCCOCCOCCOCCOCCOCCOCCOCCOCCCNC(=O)CCC(=O)O. The highest BCUT2D eigenvalue weighted by Crippen LogP contribution is 1.90. The van der Waals surface area contributed by atoms with Crippen LogP contribution in [-0.2, 0) is 66.4 Å². The molecule has 0 saturated carbocycles. The monoisotopic (exact) mass is 673 g/mol. The number of methoxy groups -OCH3 is 1. The Hall–Kier alpha value is -1.54. The number of ether oxygens (including phenoxy) is 12. The number of rotatable bonds is 40. The molecule has 16 heteroatoms. The number of carboxylic acid groups (broad SMARTS) is 1. The van der Waals surface area contributed by atoms with Gasteiger partial charge in [0.15, 0.2) is 0 Å². The van der Waals surface area contributed by atoms with Crippen molar-refractivity contribution in [2.24, 2.45) is 0 Å². The van der Waals surface area contributed by atoms with Crippen LogP contribution in [0.25, 0.3) is 0 Å². The molecule has 0 aliphatic heterocycles. The quantitative estimate of drug-likeness (QED) is 0.0842. The fourth-order valence-electron chi connectivity index (χ4n) is 3.15. The smallest absolute Gasteiger partial charge is 0.303 e. The van der Waals surface area contributed by atoms with E-state index in [1.165, 1.54) is 0 Å². The van der Waals surface area contributed by atoms with Gasteiger partial charge in [0.1, 0.15) is 0 Å². The van der Waals surface area contributed by atoms with Gasteiger partial charge in [-0.25, -0.2) is 0 Å². The average Bonchev–Trinajstić information content (AvgIpc) is 3.05. The van der Waals surface area contributed by atoms with Crippen LogP contribution in [0.15, 0.2) is 0 Å². The summed E-state index contributed by atoms with van der Waals surface area (Å²) in [5.74, 6) is -1.25. The van der Waals surface area contributed by atoms with E-state index in [1.807, 2.05) is 0 Å². The minimum Gasteiger partial charge on any atom is -0.481 e. The first-order chi connectivity index (χ1) is 22.7. The average molecular weight is 674 g/mol. The second kappa shape index (κ2) is 39.6. The fraction of sp³-hybridized carbons (Fsp3) is 0.933. The summed E-state index contributed by atoms with van der Waals surface area (Å²) in [4.78, 5) is 21.8. The Morgan fingerprint density at radius 1 is 0.413 bits per heavy atom. The second-order valence-electron chi connectivity index (χ2n) is 9.33. The van der Waals surface area contributed by atoms with Gasteiger partial charge in [0.2, 0.25) is 5.91 Å². The van der Waals surface area contributed by atoms with Crippen molar-refractivity contribution in [2.45, 2.75) is 19.3 Å². The molecule has 0 aliphatic carbocycles. The van der Waals surface area contributed by atoms with Gasteiger partial charge < -0.3 is 67.3 Å². The van der Waals surface area contributed by atoms with Gasteiger partial charge in [-0.2, -0.15) is 0 Å². The Morgan fingerprint density at radius 2 is 0.674 bits per heavy atom. The maximum absolute atomic E-state index is 11.4. The van der Waals surface area contributed by atoms with Crippen LogP contribution in [0.1, 0.15) is 19.3 Å². The molecule has 0 spiro atoms. The fourth-order valence-corrected chi connectivity index (χ4v) is 3.15. The lowest BCUT2D eigenvalue weighted by Gasteiger charge is -2.09. The number of nitrogens with one attached hydrogen (secondary N) is 1. The molecule has 0 atom stereocenters. The van der Waals surface area contributed by atoms with E-state index in [-0.39, 0.29) is 18.7 Å². The van der Waals surface area contributed by atoms with Crippen molar-refractivity contribution in [3.63, 3.8) is 0 Å². The van der Waals surface area contributed by atoms with Crippen molar-refractivity contribution >= 4 is 11.9 Å². The van der Waals surface area contributed by atoms with E-state index >= 15 is 0 Å². The van der Waals surface area contributed by atoms with Gasteiger partial charge in [-0.1, -0.05) is 0 Å². The molecule has 0 radical (unpaired) electrons. The summed E-state index contributed by atoms with van der Waals surface area (Å²) in [5.41, 5.74) is 0. The van der Waals surface area contributed by atoms with E-state index in [2.05, 4.69) is 5.32 Å². The predicted octanol–water partition coefficient (Wildman–Crippen LogP) is 0.187. The first kappa shape index (κ1) is 44.5. The predicted molar refractivity (Wildman–Crippen MR) is 165 cm³/mol. The Bertz CT molecular complexity index is 633. The lowest BCUT2D eigenvalue weighted by atomic mass is 10.3. The molecule has 0 heterocycles. The van der Waals surface area contributed by atoms with Crippen molar-refractivity contribution in [1.82, 2.24) is 5.32 Å². The van der Waals surface area contributed by atoms with Crippen LogP contribution in [-0.4, -0.2) is 183 Å². The van der Waals surface area contributed by atoms with E-state index in [1.54, 1.807) is 7.11 Å². The Kier molecular flexibility index (Phi) is 38.3. The molecule has 0 aromatic carbocycles. The summed E-state index contributed by atoms with van der Waals surface area (Å²) < 4.78 is 64.6. The van der Waals surface area contributed by atoms with Crippen LogP contribution in [0.2, 0.25) is 0 Å². The number of aliphatic carboxylic acids is 1. The molecular weight excluding hydrogens is 614 g/mol. The molecule has 0 bridgehead atoms. The number of carbonyl (C=O) groups is 2. The van der Waals surface area contributed by atoms with Crippen molar-refractivity contribution < 1.29 is 71.5 Å². The molecule has 1 amide bonds. The van der Waals surface area contributed by atoms with Crippen LogP contribution in [0, 0.1) is 0 Å². The molecule has 0 unspecified atom stereocenters. The summed E-state index contributed by atoms with van der Waals surface area (Å²) in [6.45, 7) is 12.0. The standard InChI is InChI=1S/C30H59NO15/c1-35-7-8-37-11-12-39-15-16-41-19-20-43-23-24-45-27-28-46-26-25-44-22-21-42-18-17-40-14-13-38-10-9-36-6-2-5-31-29(32)3-4-30(33)34/h2-28H2,1H3,(H,31,32)(H,33,34). The molecule has 2 N–H and O–H groups in total. The number of carbonyl (C=O) groups excluding carboxylic acids is 1. The molecule has 0 fully saturated rings. The third-order valence-electron chi connectivity index (χ3n) is 5.51. The van der Waals surface area contributed by atoms with Gasteiger partial charge in [-0.3, -0.25) is 9.59 Å². The highest BCUT2D eigenvalue weighted by Gasteiger charge is 2.04.